The first-order valence-corrected chi connectivity index (χ1v) is 9.03. The van der Waals surface area contributed by atoms with Crippen molar-refractivity contribution in [1.29, 1.82) is 0 Å². The minimum Gasteiger partial charge on any atom is -0.497 e. The zero-order valence-corrected chi connectivity index (χ0v) is 15.3. The van der Waals surface area contributed by atoms with E-state index in [1.54, 1.807) is 7.11 Å². The van der Waals surface area contributed by atoms with Crippen molar-refractivity contribution in [2.24, 2.45) is 0 Å². The first-order valence-electron chi connectivity index (χ1n) is 8.23. The average molecular weight is 356 g/mol. The molecule has 0 bridgehead atoms. The van der Waals surface area contributed by atoms with Gasteiger partial charge in [-0.3, -0.25) is 0 Å². The molecule has 0 fully saturated rings. The molecule has 0 saturated carbocycles. The van der Waals surface area contributed by atoms with Crippen molar-refractivity contribution in [3.05, 3.63) is 28.2 Å². The lowest BCUT2D eigenvalue weighted by Gasteiger charge is -2.19. The third kappa shape index (κ3) is 6.84. The second-order valence-electron chi connectivity index (χ2n) is 5.64. The lowest BCUT2D eigenvalue weighted by Crippen LogP contribution is -2.16. The van der Waals surface area contributed by atoms with Crippen LogP contribution in [0.1, 0.15) is 69.9 Å². The average Bonchev–Trinajstić information content (AvgIpc) is 2.51. The number of hydrogen-bond acceptors (Lipinski definition) is 2. The number of unbranched alkanes of at least 4 members (excludes halogenated alkanes) is 6. The van der Waals surface area contributed by atoms with E-state index < -0.39 is 0 Å². The maximum atomic E-state index is 5.34. The van der Waals surface area contributed by atoms with Gasteiger partial charge < -0.3 is 10.1 Å². The van der Waals surface area contributed by atoms with Gasteiger partial charge in [0.1, 0.15) is 5.75 Å². The molecule has 0 aliphatic carbocycles. The maximum Gasteiger partial charge on any atom is 0.119 e. The summed E-state index contributed by atoms with van der Waals surface area (Å²) in [5, 5.41) is 3.44. The van der Waals surface area contributed by atoms with Crippen molar-refractivity contribution in [2.75, 3.05) is 14.2 Å². The molecule has 0 spiro atoms. The summed E-state index contributed by atoms with van der Waals surface area (Å²) in [4.78, 5) is 0. The van der Waals surface area contributed by atoms with Crippen molar-refractivity contribution in [1.82, 2.24) is 5.32 Å². The van der Waals surface area contributed by atoms with Gasteiger partial charge in [0.05, 0.1) is 7.11 Å². The van der Waals surface area contributed by atoms with Crippen LogP contribution in [0.3, 0.4) is 0 Å². The number of nitrogens with one attached hydrogen (secondary N) is 1. The molecule has 120 valence electrons. The zero-order valence-electron chi connectivity index (χ0n) is 13.8. The summed E-state index contributed by atoms with van der Waals surface area (Å²) in [6.07, 6.45) is 10.7. The van der Waals surface area contributed by atoms with Crippen molar-refractivity contribution < 1.29 is 4.74 Å². The second-order valence-corrected chi connectivity index (χ2v) is 6.49. The van der Waals surface area contributed by atoms with Gasteiger partial charge in [-0.25, -0.2) is 0 Å². The number of benzene rings is 1. The molecule has 21 heavy (non-hydrogen) atoms. The number of ether oxygens (including phenoxy) is 1. The monoisotopic (exact) mass is 355 g/mol. The summed E-state index contributed by atoms with van der Waals surface area (Å²) in [6, 6.07) is 6.59. The molecule has 0 aliphatic rings. The molecular formula is C18H30BrNO. The van der Waals surface area contributed by atoms with Gasteiger partial charge in [0, 0.05) is 10.5 Å². The minimum absolute atomic E-state index is 0.394. The lowest BCUT2D eigenvalue weighted by atomic mass is 9.99. The van der Waals surface area contributed by atoms with E-state index in [4.69, 9.17) is 4.74 Å². The van der Waals surface area contributed by atoms with Gasteiger partial charge in [-0.2, -0.15) is 0 Å². The molecule has 0 aromatic heterocycles. The van der Waals surface area contributed by atoms with Crippen LogP contribution < -0.4 is 10.1 Å². The third-order valence-corrected chi connectivity index (χ3v) is 4.75. The van der Waals surface area contributed by atoms with E-state index in [9.17, 15) is 0 Å². The van der Waals surface area contributed by atoms with Crippen LogP contribution in [0.5, 0.6) is 5.75 Å². The molecule has 1 N–H and O–H groups in total. The molecule has 0 radical (unpaired) electrons. The van der Waals surface area contributed by atoms with Crippen molar-refractivity contribution in [3.8, 4) is 5.75 Å². The highest BCUT2D eigenvalue weighted by Gasteiger charge is 2.13. The van der Waals surface area contributed by atoms with Crippen LogP contribution in [0, 0.1) is 0 Å². The van der Waals surface area contributed by atoms with Gasteiger partial charge in [-0.05, 0) is 37.2 Å². The van der Waals surface area contributed by atoms with Crippen molar-refractivity contribution in [3.63, 3.8) is 0 Å². The molecule has 0 aliphatic heterocycles. The molecule has 0 saturated heterocycles. The van der Waals surface area contributed by atoms with Gasteiger partial charge in [0.2, 0.25) is 0 Å². The Morgan fingerprint density at radius 3 is 2.38 bits per heavy atom. The van der Waals surface area contributed by atoms with Crippen LogP contribution in [0.4, 0.5) is 0 Å². The van der Waals surface area contributed by atoms with E-state index in [0.29, 0.717) is 6.04 Å². The minimum atomic E-state index is 0.394. The Morgan fingerprint density at radius 2 is 1.76 bits per heavy atom. The van der Waals surface area contributed by atoms with Crippen LogP contribution >= 0.6 is 15.9 Å². The fraction of sp³-hybridized carbons (Fsp3) is 0.667. The Hall–Kier alpha value is -0.540. The number of hydrogen-bond donors (Lipinski definition) is 1. The first kappa shape index (κ1) is 18.5. The smallest absolute Gasteiger partial charge is 0.119 e. The quantitative estimate of drug-likeness (QED) is 0.502. The molecule has 1 rings (SSSR count). The Balaban J connectivity index is 2.40. The maximum absolute atomic E-state index is 5.34. The Labute approximate surface area is 138 Å². The molecule has 1 unspecified atom stereocenters. The highest BCUT2D eigenvalue weighted by molar-refractivity contribution is 9.10. The van der Waals surface area contributed by atoms with Gasteiger partial charge >= 0.3 is 0 Å². The summed E-state index contributed by atoms with van der Waals surface area (Å²) in [7, 11) is 3.76. The van der Waals surface area contributed by atoms with Crippen LogP contribution in [0.2, 0.25) is 0 Å². The Bertz CT molecular complexity index is 395. The predicted octanol–water partition coefficient (Wildman–Crippen LogP) is 5.86. The fourth-order valence-corrected chi connectivity index (χ4v) is 3.20. The summed E-state index contributed by atoms with van der Waals surface area (Å²) in [5.74, 6) is 0.924. The summed E-state index contributed by atoms with van der Waals surface area (Å²) in [6.45, 7) is 2.27. The molecule has 1 aromatic rings. The molecule has 2 nitrogen and oxygen atoms in total. The normalized spacial score (nSPS) is 12.4. The van der Waals surface area contributed by atoms with Crippen molar-refractivity contribution in [2.45, 2.75) is 64.3 Å². The summed E-state index contributed by atoms with van der Waals surface area (Å²) < 4.78 is 6.49. The Morgan fingerprint density at radius 1 is 1.10 bits per heavy atom. The van der Waals surface area contributed by atoms with Crippen LogP contribution in [0.25, 0.3) is 0 Å². The predicted molar refractivity (Wildman–Crippen MR) is 95.1 cm³/mol. The highest BCUT2D eigenvalue weighted by atomic mass is 79.9. The fourth-order valence-electron chi connectivity index (χ4n) is 2.68. The molecule has 1 atom stereocenters. The van der Waals surface area contributed by atoms with Crippen molar-refractivity contribution >= 4 is 15.9 Å². The van der Waals surface area contributed by atoms with Crippen LogP contribution in [0.15, 0.2) is 22.7 Å². The molecule has 0 heterocycles. The van der Waals surface area contributed by atoms with Crippen LogP contribution in [-0.2, 0) is 0 Å². The molecule has 3 heteroatoms. The van der Waals surface area contributed by atoms with Gasteiger partial charge in [0.15, 0.2) is 0 Å². The van der Waals surface area contributed by atoms with E-state index in [0.717, 1.165) is 10.2 Å². The topological polar surface area (TPSA) is 21.3 Å². The number of methoxy groups -OCH3 is 1. The summed E-state index contributed by atoms with van der Waals surface area (Å²) in [5.41, 5.74) is 1.29. The highest BCUT2D eigenvalue weighted by Crippen LogP contribution is 2.30. The van der Waals surface area contributed by atoms with E-state index in [2.05, 4.69) is 40.3 Å². The van der Waals surface area contributed by atoms with E-state index in [1.165, 1.54) is 56.9 Å². The van der Waals surface area contributed by atoms with Gasteiger partial charge in [-0.1, -0.05) is 67.8 Å². The molecule has 1 aromatic carbocycles. The molecular weight excluding hydrogens is 326 g/mol. The zero-order chi connectivity index (χ0) is 15.5. The third-order valence-electron chi connectivity index (χ3n) is 4.02. The van der Waals surface area contributed by atoms with Crippen LogP contribution in [-0.4, -0.2) is 14.2 Å². The van der Waals surface area contributed by atoms with E-state index in [1.807, 2.05) is 13.1 Å². The molecule has 0 amide bonds. The second kappa shape index (κ2) is 11.1. The van der Waals surface area contributed by atoms with Gasteiger partial charge in [-0.15, -0.1) is 0 Å². The SMILES string of the molecule is CCCCCCCCCC(NC)c1cc(OC)ccc1Br. The summed E-state index contributed by atoms with van der Waals surface area (Å²) >= 11 is 3.66. The Kier molecular flexibility index (Phi) is 9.77. The van der Waals surface area contributed by atoms with E-state index >= 15 is 0 Å². The first-order chi connectivity index (χ1) is 10.2. The van der Waals surface area contributed by atoms with Gasteiger partial charge in [0.25, 0.3) is 0 Å². The van der Waals surface area contributed by atoms with E-state index in [-0.39, 0.29) is 0 Å². The standard InChI is InChI=1S/C18H30BrNO/c1-4-5-6-7-8-9-10-11-18(20-2)16-14-15(21-3)12-13-17(16)19/h12-14,18,20H,4-11H2,1-3H3. The number of rotatable bonds is 11. The largest absolute Gasteiger partial charge is 0.497 e. The number of halogens is 1. The lowest BCUT2D eigenvalue weighted by molar-refractivity contribution is 0.412.